The van der Waals surface area contributed by atoms with E-state index in [1.165, 1.54) is 0 Å². The number of ether oxygens (including phenoxy) is 1. The maximum atomic E-state index is 12.2. The molecule has 1 heterocycles. The van der Waals surface area contributed by atoms with Gasteiger partial charge in [0.1, 0.15) is 11.5 Å². The number of aryl methyl sites for hydroxylation is 1. The summed E-state index contributed by atoms with van der Waals surface area (Å²) in [6, 6.07) is 18.8. The highest BCUT2D eigenvalue weighted by Crippen LogP contribution is 2.32. The minimum Gasteiger partial charge on any atom is -0.507 e. The van der Waals surface area contributed by atoms with Crippen molar-refractivity contribution in [2.24, 2.45) is 0 Å². The highest BCUT2D eigenvalue weighted by atomic mass is 16.5. The van der Waals surface area contributed by atoms with Crippen molar-refractivity contribution in [1.82, 2.24) is 15.0 Å². The summed E-state index contributed by atoms with van der Waals surface area (Å²) in [5, 5.41) is 20.9. The molecule has 0 atom stereocenters. The molecular formula is C27H25N3O4. The van der Waals surface area contributed by atoms with Crippen LogP contribution in [0.4, 0.5) is 0 Å². The summed E-state index contributed by atoms with van der Waals surface area (Å²) in [7, 11) is 0. The molecule has 0 aliphatic carbocycles. The molecule has 0 radical (unpaired) electrons. The number of phenolic OH excluding ortho intramolecular Hbond substituents is 2. The minimum absolute atomic E-state index is 0.0314. The summed E-state index contributed by atoms with van der Waals surface area (Å²) >= 11 is 0. The normalized spacial score (nSPS) is 10.8. The first kappa shape index (κ1) is 22.9. The zero-order chi connectivity index (χ0) is 24.1. The van der Waals surface area contributed by atoms with E-state index in [1.54, 1.807) is 60.7 Å². The van der Waals surface area contributed by atoms with Crippen molar-refractivity contribution in [1.29, 1.82) is 0 Å². The molecule has 172 valence electrons. The fourth-order valence-corrected chi connectivity index (χ4v) is 3.39. The molecule has 7 heteroatoms. The first-order valence-electron chi connectivity index (χ1n) is 11.1. The number of nitrogens with zero attached hydrogens (tertiary/aromatic N) is 3. The lowest BCUT2D eigenvalue weighted by Crippen LogP contribution is -2.06. The van der Waals surface area contributed by atoms with E-state index in [-0.39, 0.29) is 29.1 Å². The van der Waals surface area contributed by atoms with E-state index in [9.17, 15) is 15.0 Å². The zero-order valence-corrected chi connectivity index (χ0v) is 19.0. The van der Waals surface area contributed by atoms with Crippen molar-refractivity contribution >= 4 is 5.97 Å². The van der Waals surface area contributed by atoms with E-state index >= 15 is 0 Å². The standard InChI is InChI=1S/C27H25N3O4/c1-3-4-15-34-27(33)19-12-10-18(11-13-19)24-28-25(20-7-5-6-8-22(20)31)30-26(29-24)21-14-9-17(2)16-23(21)32/h5-14,16,31-32H,3-4,15H2,1-2H3. The van der Waals surface area contributed by atoms with E-state index in [0.29, 0.717) is 34.7 Å². The van der Waals surface area contributed by atoms with Crippen molar-refractivity contribution in [3.63, 3.8) is 0 Å². The van der Waals surface area contributed by atoms with E-state index in [1.807, 2.05) is 19.9 Å². The van der Waals surface area contributed by atoms with Crippen molar-refractivity contribution in [3.8, 4) is 45.7 Å². The highest BCUT2D eigenvalue weighted by Gasteiger charge is 2.17. The fraction of sp³-hybridized carbons (Fsp3) is 0.185. The first-order valence-corrected chi connectivity index (χ1v) is 11.1. The summed E-state index contributed by atoms with van der Waals surface area (Å²) in [5.74, 6) is 0.573. The SMILES string of the molecule is CCCCOC(=O)c1ccc(-c2nc(-c3ccccc3O)nc(-c3ccc(C)cc3O)n2)cc1. The zero-order valence-electron chi connectivity index (χ0n) is 19.0. The first-order chi connectivity index (χ1) is 16.5. The third kappa shape index (κ3) is 5.04. The Morgan fingerprint density at radius 1 is 0.824 bits per heavy atom. The Bertz CT molecular complexity index is 1320. The number of rotatable bonds is 7. The van der Waals surface area contributed by atoms with Gasteiger partial charge in [-0.2, -0.15) is 0 Å². The second-order valence-corrected chi connectivity index (χ2v) is 7.91. The molecule has 7 nitrogen and oxygen atoms in total. The summed E-state index contributed by atoms with van der Waals surface area (Å²) in [5.41, 5.74) is 2.87. The van der Waals surface area contributed by atoms with Crippen LogP contribution >= 0.6 is 0 Å². The van der Waals surface area contributed by atoms with Crippen LogP contribution in [0.5, 0.6) is 11.5 Å². The molecule has 0 aliphatic rings. The van der Waals surface area contributed by atoms with Gasteiger partial charge in [-0.25, -0.2) is 19.7 Å². The van der Waals surface area contributed by atoms with Crippen LogP contribution in [0.15, 0.2) is 66.7 Å². The van der Waals surface area contributed by atoms with Gasteiger partial charge in [0.15, 0.2) is 17.5 Å². The molecule has 0 bridgehead atoms. The van der Waals surface area contributed by atoms with Gasteiger partial charge in [0, 0.05) is 5.56 Å². The molecule has 0 fully saturated rings. The topological polar surface area (TPSA) is 105 Å². The van der Waals surface area contributed by atoms with E-state index in [0.717, 1.165) is 18.4 Å². The molecule has 4 rings (SSSR count). The van der Waals surface area contributed by atoms with Crippen LogP contribution < -0.4 is 0 Å². The average molecular weight is 456 g/mol. The highest BCUT2D eigenvalue weighted by molar-refractivity contribution is 5.90. The molecular weight excluding hydrogens is 430 g/mol. The van der Waals surface area contributed by atoms with Crippen molar-refractivity contribution < 1.29 is 19.7 Å². The molecule has 2 N–H and O–H groups in total. The van der Waals surface area contributed by atoms with E-state index in [4.69, 9.17) is 4.74 Å². The molecule has 0 saturated heterocycles. The predicted octanol–water partition coefficient (Wildman–Crippen LogP) is 5.55. The number of aromatic hydroxyl groups is 2. The Balaban J connectivity index is 1.77. The van der Waals surface area contributed by atoms with Gasteiger partial charge < -0.3 is 14.9 Å². The number of benzene rings is 3. The number of esters is 1. The van der Waals surface area contributed by atoms with Crippen LogP contribution in [-0.4, -0.2) is 37.7 Å². The molecule has 34 heavy (non-hydrogen) atoms. The van der Waals surface area contributed by atoms with Crippen LogP contribution in [0.25, 0.3) is 34.2 Å². The Morgan fingerprint density at radius 3 is 2.12 bits per heavy atom. The lowest BCUT2D eigenvalue weighted by Gasteiger charge is -2.11. The lowest BCUT2D eigenvalue weighted by atomic mass is 10.1. The van der Waals surface area contributed by atoms with E-state index in [2.05, 4.69) is 15.0 Å². The number of aromatic nitrogens is 3. The summed E-state index contributed by atoms with van der Waals surface area (Å²) in [6.07, 6.45) is 1.77. The average Bonchev–Trinajstić information content (AvgIpc) is 2.84. The molecule has 1 aromatic heterocycles. The number of unbranched alkanes of at least 4 members (excludes halogenated alkanes) is 1. The molecule has 0 amide bonds. The van der Waals surface area contributed by atoms with Crippen molar-refractivity contribution in [3.05, 3.63) is 77.9 Å². The van der Waals surface area contributed by atoms with Gasteiger partial charge in [-0.15, -0.1) is 0 Å². The maximum absolute atomic E-state index is 12.2. The van der Waals surface area contributed by atoms with Gasteiger partial charge in [-0.1, -0.05) is 43.7 Å². The molecule has 0 unspecified atom stereocenters. The predicted molar refractivity (Wildman–Crippen MR) is 129 cm³/mol. The smallest absolute Gasteiger partial charge is 0.338 e. The number of hydrogen-bond donors (Lipinski definition) is 2. The maximum Gasteiger partial charge on any atom is 0.338 e. The third-order valence-electron chi connectivity index (χ3n) is 5.28. The third-order valence-corrected chi connectivity index (χ3v) is 5.28. The van der Waals surface area contributed by atoms with Gasteiger partial charge >= 0.3 is 5.97 Å². The lowest BCUT2D eigenvalue weighted by molar-refractivity contribution is 0.0499. The van der Waals surface area contributed by atoms with Crippen LogP contribution in [0, 0.1) is 6.92 Å². The van der Waals surface area contributed by atoms with Crippen LogP contribution in [0.3, 0.4) is 0 Å². The van der Waals surface area contributed by atoms with Gasteiger partial charge in [0.25, 0.3) is 0 Å². The van der Waals surface area contributed by atoms with Crippen LogP contribution in [0.1, 0.15) is 35.7 Å². The van der Waals surface area contributed by atoms with E-state index < -0.39 is 0 Å². The molecule has 0 saturated carbocycles. The quantitative estimate of drug-likeness (QED) is 0.278. The summed E-state index contributed by atoms with van der Waals surface area (Å²) in [6.45, 7) is 4.30. The largest absolute Gasteiger partial charge is 0.507 e. The molecule has 4 aromatic rings. The van der Waals surface area contributed by atoms with Gasteiger partial charge in [-0.3, -0.25) is 0 Å². The Kier molecular flexibility index (Phi) is 6.82. The van der Waals surface area contributed by atoms with Crippen LogP contribution in [-0.2, 0) is 4.74 Å². The molecule has 0 aliphatic heterocycles. The number of hydrogen-bond acceptors (Lipinski definition) is 7. The summed E-state index contributed by atoms with van der Waals surface area (Å²) in [4.78, 5) is 25.9. The minimum atomic E-state index is -0.379. The second-order valence-electron chi connectivity index (χ2n) is 7.91. The number of carbonyl (C=O) groups is 1. The van der Waals surface area contributed by atoms with Gasteiger partial charge in [0.05, 0.1) is 23.3 Å². The van der Waals surface area contributed by atoms with Crippen LogP contribution in [0.2, 0.25) is 0 Å². The number of para-hydroxylation sites is 1. The van der Waals surface area contributed by atoms with Crippen molar-refractivity contribution in [2.75, 3.05) is 6.61 Å². The monoisotopic (exact) mass is 455 g/mol. The van der Waals surface area contributed by atoms with Crippen molar-refractivity contribution in [2.45, 2.75) is 26.7 Å². The fourth-order valence-electron chi connectivity index (χ4n) is 3.39. The van der Waals surface area contributed by atoms with Gasteiger partial charge in [0.2, 0.25) is 0 Å². The number of carbonyl (C=O) groups excluding carboxylic acids is 1. The Hall–Kier alpha value is -4.26. The Labute approximate surface area is 197 Å². The second kappa shape index (κ2) is 10.1. The summed E-state index contributed by atoms with van der Waals surface area (Å²) < 4.78 is 5.27. The number of phenols is 2. The van der Waals surface area contributed by atoms with Gasteiger partial charge in [-0.05, 0) is 55.3 Å². The molecule has 3 aromatic carbocycles. The Morgan fingerprint density at radius 2 is 1.47 bits per heavy atom. The molecule has 0 spiro atoms.